The highest BCUT2D eigenvalue weighted by molar-refractivity contribution is 9.10. The highest BCUT2D eigenvalue weighted by atomic mass is 79.9. The quantitative estimate of drug-likeness (QED) is 0.422. The molecule has 0 amide bonds. The molecule has 20 heavy (non-hydrogen) atoms. The van der Waals surface area contributed by atoms with E-state index in [1.165, 1.54) is 22.1 Å². The van der Waals surface area contributed by atoms with Gasteiger partial charge < -0.3 is 4.74 Å². The van der Waals surface area contributed by atoms with E-state index >= 15 is 0 Å². The van der Waals surface area contributed by atoms with Gasteiger partial charge in [-0.25, -0.2) is 0 Å². The van der Waals surface area contributed by atoms with Crippen molar-refractivity contribution in [3.05, 3.63) is 34.3 Å². The second-order valence-electron chi connectivity index (χ2n) is 6.25. The monoisotopic (exact) mass is 356 g/mol. The molecule has 0 saturated carbocycles. The molecule has 0 bridgehead atoms. The summed E-state index contributed by atoms with van der Waals surface area (Å²) in [5, 5.41) is 0.427. The maximum absolute atomic E-state index is 5.96. The Hall–Kier alpha value is -0.123. The summed E-state index contributed by atoms with van der Waals surface area (Å²) >= 11 is 3.60. The first-order valence-corrected chi connectivity index (χ1v) is 10.8. The van der Waals surface area contributed by atoms with Gasteiger partial charge in [-0.2, -0.15) is 0 Å². The summed E-state index contributed by atoms with van der Waals surface area (Å²) in [6, 6.07) is 11.2. The zero-order chi connectivity index (χ0) is 15.0. The van der Waals surface area contributed by atoms with Crippen molar-refractivity contribution >= 4 is 24.7 Å². The third-order valence-corrected chi connectivity index (χ3v) is 9.38. The molecule has 1 nitrogen and oxygen atoms in total. The smallest absolute Gasteiger partial charge is 0.0490 e. The van der Waals surface area contributed by atoms with E-state index in [2.05, 4.69) is 67.9 Å². The van der Waals surface area contributed by atoms with Crippen molar-refractivity contribution in [1.82, 2.24) is 0 Å². The normalized spacial score (nSPS) is 12.1. The lowest BCUT2D eigenvalue weighted by atomic mass is 10.1. The van der Waals surface area contributed by atoms with Crippen LogP contribution in [0, 0.1) is 0 Å². The van der Waals surface area contributed by atoms with Crippen LogP contribution >= 0.6 is 15.9 Å². The van der Waals surface area contributed by atoms with E-state index < -0.39 is 8.80 Å². The summed E-state index contributed by atoms with van der Waals surface area (Å²) < 4.78 is 7.18. The van der Waals surface area contributed by atoms with E-state index in [-0.39, 0.29) is 0 Å². The lowest BCUT2D eigenvalue weighted by molar-refractivity contribution is 0.111. The van der Waals surface area contributed by atoms with Gasteiger partial charge in [-0.1, -0.05) is 73.9 Å². The standard InChI is InChI=1S/C17H29BrOSi/c1-5-20(6-2)17(3,4)14-19-13-9-11-15-10-7-8-12-16(15)18/h7-8,10,12,20H,5-6,9,11,13-14H2,1-4H3. The number of hydrogen-bond donors (Lipinski definition) is 0. The summed E-state index contributed by atoms with van der Waals surface area (Å²) in [6.45, 7) is 11.3. The summed E-state index contributed by atoms with van der Waals surface area (Å²) in [6.07, 6.45) is 2.19. The zero-order valence-corrected chi connectivity index (χ0v) is 16.2. The fourth-order valence-corrected chi connectivity index (χ4v) is 6.54. The molecule has 0 aromatic heterocycles. The molecule has 1 aromatic rings. The highest BCUT2D eigenvalue weighted by Gasteiger charge is 2.28. The van der Waals surface area contributed by atoms with Gasteiger partial charge in [0.05, 0.1) is 0 Å². The van der Waals surface area contributed by atoms with Crippen molar-refractivity contribution in [2.24, 2.45) is 0 Å². The summed E-state index contributed by atoms with van der Waals surface area (Å²) in [5.74, 6) is 0. The Labute approximate surface area is 134 Å². The van der Waals surface area contributed by atoms with Crippen molar-refractivity contribution in [2.75, 3.05) is 13.2 Å². The Morgan fingerprint density at radius 3 is 2.40 bits per heavy atom. The van der Waals surface area contributed by atoms with Crippen LogP contribution in [-0.2, 0) is 11.2 Å². The molecule has 0 aliphatic heterocycles. The Morgan fingerprint density at radius 2 is 1.80 bits per heavy atom. The van der Waals surface area contributed by atoms with Gasteiger partial charge >= 0.3 is 0 Å². The van der Waals surface area contributed by atoms with Crippen molar-refractivity contribution in [1.29, 1.82) is 0 Å². The average Bonchev–Trinajstić information content (AvgIpc) is 2.41. The fraction of sp³-hybridized carbons (Fsp3) is 0.647. The Kier molecular flexibility index (Phi) is 8.08. The van der Waals surface area contributed by atoms with Crippen LogP contribution in [0.3, 0.4) is 0 Å². The Morgan fingerprint density at radius 1 is 1.15 bits per heavy atom. The van der Waals surface area contributed by atoms with E-state index in [4.69, 9.17) is 4.74 Å². The molecule has 0 atom stereocenters. The zero-order valence-electron chi connectivity index (χ0n) is 13.4. The Balaban J connectivity index is 2.27. The predicted octanol–water partition coefficient (Wildman–Crippen LogP) is 5.45. The van der Waals surface area contributed by atoms with Gasteiger partial charge in [0.2, 0.25) is 0 Å². The number of ether oxygens (including phenoxy) is 1. The number of halogens is 1. The van der Waals surface area contributed by atoms with Crippen LogP contribution in [0.1, 0.15) is 39.7 Å². The van der Waals surface area contributed by atoms with Gasteiger partial charge in [0, 0.05) is 26.5 Å². The van der Waals surface area contributed by atoms with Gasteiger partial charge in [-0.15, -0.1) is 0 Å². The summed E-state index contributed by atoms with van der Waals surface area (Å²) in [7, 11) is -0.653. The van der Waals surface area contributed by atoms with Crippen LogP contribution in [0.15, 0.2) is 28.7 Å². The lowest BCUT2D eigenvalue weighted by Crippen LogP contribution is -2.30. The number of rotatable bonds is 9. The minimum atomic E-state index is -0.653. The molecular formula is C17H29BrOSi. The molecular weight excluding hydrogens is 328 g/mol. The predicted molar refractivity (Wildman–Crippen MR) is 95.4 cm³/mol. The van der Waals surface area contributed by atoms with E-state index in [0.717, 1.165) is 26.1 Å². The third-order valence-electron chi connectivity index (χ3n) is 4.26. The molecule has 1 rings (SSSR count). The van der Waals surface area contributed by atoms with Crippen molar-refractivity contribution in [3.8, 4) is 0 Å². The molecule has 0 unspecified atom stereocenters. The van der Waals surface area contributed by atoms with Gasteiger partial charge in [0.25, 0.3) is 0 Å². The van der Waals surface area contributed by atoms with Crippen LogP contribution in [0.25, 0.3) is 0 Å². The van der Waals surface area contributed by atoms with Crippen LogP contribution in [0.5, 0.6) is 0 Å². The SMILES string of the molecule is CC[SiH](CC)C(C)(C)COCCCc1ccccc1Br. The molecule has 0 heterocycles. The Bertz CT molecular complexity index is 388. The van der Waals surface area contributed by atoms with Crippen LogP contribution < -0.4 is 0 Å². The molecule has 0 N–H and O–H groups in total. The second kappa shape index (κ2) is 9.01. The third kappa shape index (κ3) is 5.70. The van der Waals surface area contributed by atoms with Gasteiger partial charge in [0.1, 0.15) is 0 Å². The minimum Gasteiger partial charge on any atom is -0.381 e. The largest absolute Gasteiger partial charge is 0.381 e. The fourth-order valence-electron chi connectivity index (χ4n) is 2.91. The minimum absolute atomic E-state index is 0.427. The molecule has 114 valence electrons. The first kappa shape index (κ1) is 17.9. The number of benzene rings is 1. The summed E-state index contributed by atoms with van der Waals surface area (Å²) in [4.78, 5) is 0. The van der Waals surface area contributed by atoms with E-state index in [1.54, 1.807) is 0 Å². The highest BCUT2D eigenvalue weighted by Crippen LogP contribution is 2.32. The van der Waals surface area contributed by atoms with E-state index in [9.17, 15) is 0 Å². The van der Waals surface area contributed by atoms with Crippen molar-refractivity contribution in [3.63, 3.8) is 0 Å². The topological polar surface area (TPSA) is 9.23 Å². The molecule has 0 radical (unpaired) electrons. The van der Waals surface area contributed by atoms with Crippen LogP contribution in [-0.4, -0.2) is 22.0 Å². The number of hydrogen-bond acceptors (Lipinski definition) is 1. The molecule has 0 aliphatic rings. The maximum atomic E-state index is 5.96. The van der Waals surface area contributed by atoms with Crippen molar-refractivity contribution < 1.29 is 4.74 Å². The van der Waals surface area contributed by atoms with E-state index in [0.29, 0.717) is 5.04 Å². The maximum Gasteiger partial charge on any atom is 0.0490 e. The van der Waals surface area contributed by atoms with Gasteiger partial charge in [-0.3, -0.25) is 0 Å². The molecule has 3 heteroatoms. The molecule has 0 aliphatic carbocycles. The van der Waals surface area contributed by atoms with Crippen LogP contribution in [0.4, 0.5) is 0 Å². The second-order valence-corrected chi connectivity index (χ2v) is 11.7. The molecule has 1 aromatic carbocycles. The number of aryl methyl sites for hydroxylation is 1. The first-order valence-electron chi connectivity index (χ1n) is 7.82. The molecule has 0 saturated heterocycles. The van der Waals surface area contributed by atoms with Gasteiger partial charge in [-0.05, 0) is 29.5 Å². The average molecular weight is 357 g/mol. The molecule has 0 fully saturated rings. The first-order chi connectivity index (χ1) is 9.51. The van der Waals surface area contributed by atoms with E-state index in [1.807, 2.05) is 0 Å². The lowest BCUT2D eigenvalue weighted by Gasteiger charge is -2.31. The molecule has 0 spiro atoms. The summed E-state index contributed by atoms with van der Waals surface area (Å²) in [5.41, 5.74) is 1.38. The van der Waals surface area contributed by atoms with Crippen molar-refractivity contribution in [2.45, 2.75) is 57.7 Å². The van der Waals surface area contributed by atoms with Crippen LogP contribution in [0.2, 0.25) is 17.1 Å². The van der Waals surface area contributed by atoms with Gasteiger partial charge in [0.15, 0.2) is 0 Å².